The number of nitrogens with one attached hydrogen (secondary N) is 2. The molecule has 3 heterocycles. The first-order chi connectivity index (χ1) is 18.7. The van der Waals surface area contributed by atoms with Gasteiger partial charge in [-0.2, -0.15) is 0 Å². The molecule has 2 aliphatic carbocycles. The molecule has 3 amide bonds. The van der Waals surface area contributed by atoms with E-state index in [0.29, 0.717) is 17.5 Å². The second kappa shape index (κ2) is 10.2. The Balaban J connectivity index is 1.31. The summed E-state index contributed by atoms with van der Waals surface area (Å²) in [5.74, 6) is -2.09. The van der Waals surface area contributed by atoms with Crippen LogP contribution in [0.3, 0.4) is 0 Å². The lowest BCUT2D eigenvalue weighted by atomic mass is 9.73. The highest BCUT2D eigenvalue weighted by molar-refractivity contribution is 6.31. The molecule has 2 saturated carbocycles. The van der Waals surface area contributed by atoms with Gasteiger partial charge in [-0.1, -0.05) is 69.7 Å². The fourth-order valence-electron chi connectivity index (χ4n) is 7.81. The Labute approximate surface area is 233 Å². The molecule has 0 unspecified atom stereocenters. The first-order valence-electron chi connectivity index (χ1n) is 14.5. The predicted octanol–water partition coefficient (Wildman–Crippen LogP) is 4.84. The Kier molecular flexibility index (Phi) is 6.99. The van der Waals surface area contributed by atoms with E-state index in [9.17, 15) is 18.8 Å². The van der Waals surface area contributed by atoms with Crippen LogP contribution in [0.2, 0.25) is 5.02 Å². The fourth-order valence-corrected chi connectivity index (χ4v) is 7.99. The molecule has 8 atom stereocenters. The highest BCUT2D eigenvalue weighted by Gasteiger charge is 2.73. The molecule has 2 N–H and O–H groups in total. The highest BCUT2D eigenvalue weighted by Crippen LogP contribution is 2.56. The summed E-state index contributed by atoms with van der Waals surface area (Å²) in [6.07, 6.45) is 11.0. The van der Waals surface area contributed by atoms with Crippen molar-refractivity contribution in [2.24, 2.45) is 23.7 Å². The van der Waals surface area contributed by atoms with E-state index < -0.39 is 41.3 Å². The molecule has 4 fully saturated rings. The van der Waals surface area contributed by atoms with Crippen LogP contribution in [0.1, 0.15) is 65.2 Å². The minimum atomic E-state index is -1.19. The average Bonchev–Trinajstić information content (AvgIpc) is 3.56. The van der Waals surface area contributed by atoms with E-state index in [4.69, 9.17) is 16.3 Å². The van der Waals surface area contributed by atoms with E-state index in [-0.39, 0.29) is 28.9 Å². The summed E-state index contributed by atoms with van der Waals surface area (Å²) in [6, 6.07) is 3.15. The second-order valence-electron chi connectivity index (χ2n) is 12.2. The molecule has 0 aromatic heterocycles. The molecular weight excluding hydrogens is 521 g/mol. The van der Waals surface area contributed by atoms with Crippen LogP contribution in [0.15, 0.2) is 30.4 Å². The Hall–Kier alpha value is -2.45. The molecule has 1 aromatic carbocycles. The molecular formula is C30H37ClFN3O4. The molecule has 1 aromatic rings. The normalized spacial score (nSPS) is 37.7. The summed E-state index contributed by atoms with van der Waals surface area (Å²) in [5, 5.41) is 6.02. The summed E-state index contributed by atoms with van der Waals surface area (Å²) < 4.78 is 20.2. The number of benzene rings is 1. The van der Waals surface area contributed by atoms with Crippen molar-refractivity contribution < 1.29 is 23.5 Å². The number of carbonyl (C=O) groups is 3. The average molecular weight is 558 g/mol. The molecule has 3 aliphatic heterocycles. The van der Waals surface area contributed by atoms with Crippen LogP contribution in [0.5, 0.6) is 0 Å². The monoisotopic (exact) mass is 557 g/mol. The van der Waals surface area contributed by atoms with E-state index in [2.05, 4.69) is 24.5 Å². The van der Waals surface area contributed by atoms with Crippen molar-refractivity contribution in [2.75, 3.05) is 5.32 Å². The number of amides is 3. The second-order valence-corrected chi connectivity index (χ2v) is 12.6. The molecule has 0 radical (unpaired) electrons. The van der Waals surface area contributed by atoms with Gasteiger partial charge in [-0.15, -0.1) is 0 Å². The van der Waals surface area contributed by atoms with Crippen molar-refractivity contribution in [1.29, 1.82) is 0 Å². The zero-order valence-corrected chi connectivity index (χ0v) is 23.3. The molecule has 2 saturated heterocycles. The Bertz CT molecular complexity index is 1200. The third-order valence-corrected chi connectivity index (χ3v) is 10.3. The molecule has 39 heavy (non-hydrogen) atoms. The molecule has 1 spiro atoms. The Morgan fingerprint density at radius 2 is 1.85 bits per heavy atom. The zero-order chi connectivity index (χ0) is 27.5. The van der Waals surface area contributed by atoms with Gasteiger partial charge < -0.3 is 20.3 Å². The third-order valence-electron chi connectivity index (χ3n) is 10.1. The van der Waals surface area contributed by atoms with Gasteiger partial charge in [0.1, 0.15) is 17.5 Å². The number of hydrogen-bond donors (Lipinski definition) is 2. The van der Waals surface area contributed by atoms with Crippen molar-refractivity contribution in [3.8, 4) is 0 Å². The Morgan fingerprint density at radius 3 is 2.59 bits per heavy atom. The SMILES string of the molecule is C[C@H]1[C@H](C)CCC[C@@H]1NC(=O)[C@@H]1N(C2CCCCC2)C(=O)[C@@H]2[C@H](C(=O)Nc3ccc(F)c(Cl)c3)[C@@H]3C=C[C@]21O3. The van der Waals surface area contributed by atoms with Crippen molar-refractivity contribution in [3.05, 3.63) is 41.2 Å². The molecule has 7 nitrogen and oxygen atoms in total. The third kappa shape index (κ3) is 4.38. The van der Waals surface area contributed by atoms with Gasteiger partial charge in [0.15, 0.2) is 0 Å². The minimum absolute atomic E-state index is 0.0462. The largest absolute Gasteiger partial charge is 0.359 e. The van der Waals surface area contributed by atoms with Gasteiger partial charge in [-0.05, 0) is 49.3 Å². The standard InChI is InChI=1S/C30H37ClFN3O4/c1-16-7-6-10-22(17(16)2)34-28(37)26-30-14-13-23(39-30)24(27(36)33-18-11-12-21(32)20(31)15-18)25(30)29(38)35(26)19-8-4-3-5-9-19/h11-17,19,22-26H,3-10H2,1-2H3,(H,33,36)(H,34,37)/t16-,17+,22+,23+,24-,25+,26+,30+/m1/s1. The number of likely N-dealkylation sites (tertiary alicyclic amines) is 1. The minimum Gasteiger partial charge on any atom is -0.359 e. The van der Waals surface area contributed by atoms with Crippen LogP contribution in [0.25, 0.3) is 0 Å². The lowest BCUT2D eigenvalue weighted by molar-refractivity contribution is -0.145. The van der Waals surface area contributed by atoms with Gasteiger partial charge in [0.05, 0.1) is 23.0 Å². The van der Waals surface area contributed by atoms with Crippen molar-refractivity contribution in [2.45, 2.75) is 95.0 Å². The molecule has 5 aliphatic rings. The van der Waals surface area contributed by atoms with Gasteiger partial charge >= 0.3 is 0 Å². The van der Waals surface area contributed by atoms with Gasteiger partial charge in [0.25, 0.3) is 0 Å². The van der Waals surface area contributed by atoms with Crippen molar-refractivity contribution in [3.63, 3.8) is 0 Å². The maximum Gasteiger partial charge on any atom is 0.246 e. The van der Waals surface area contributed by atoms with Crippen LogP contribution >= 0.6 is 11.6 Å². The first kappa shape index (κ1) is 26.8. The van der Waals surface area contributed by atoms with Crippen LogP contribution in [0, 0.1) is 29.5 Å². The number of anilines is 1. The topological polar surface area (TPSA) is 87.7 Å². The molecule has 6 rings (SSSR count). The summed E-state index contributed by atoms with van der Waals surface area (Å²) >= 11 is 5.92. The van der Waals surface area contributed by atoms with Crippen LogP contribution in [-0.2, 0) is 19.1 Å². The number of hydrogen-bond acceptors (Lipinski definition) is 4. The number of rotatable bonds is 5. The van der Waals surface area contributed by atoms with Gasteiger partial charge in [0.2, 0.25) is 17.7 Å². The number of ether oxygens (including phenoxy) is 1. The summed E-state index contributed by atoms with van der Waals surface area (Å²) in [5.41, 5.74) is -0.841. The van der Waals surface area contributed by atoms with E-state index >= 15 is 0 Å². The highest BCUT2D eigenvalue weighted by atomic mass is 35.5. The molecule has 9 heteroatoms. The fraction of sp³-hybridized carbons (Fsp3) is 0.633. The molecule has 2 bridgehead atoms. The van der Waals surface area contributed by atoms with E-state index in [1.807, 2.05) is 12.2 Å². The van der Waals surface area contributed by atoms with Crippen LogP contribution < -0.4 is 10.6 Å². The zero-order valence-electron chi connectivity index (χ0n) is 22.5. The van der Waals surface area contributed by atoms with Gasteiger partial charge in [-0.3, -0.25) is 14.4 Å². The maximum absolute atomic E-state index is 14.2. The smallest absolute Gasteiger partial charge is 0.246 e. The number of halogens is 2. The van der Waals surface area contributed by atoms with Gasteiger partial charge in [-0.25, -0.2) is 4.39 Å². The van der Waals surface area contributed by atoms with Crippen LogP contribution in [-0.4, -0.2) is 52.5 Å². The van der Waals surface area contributed by atoms with Crippen molar-refractivity contribution in [1.82, 2.24) is 10.2 Å². The Morgan fingerprint density at radius 1 is 1.08 bits per heavy atom. The number of nitrogens with zero attached hydrogens (tertiary/aromatic N) is 1. The predicted molar refractivity (Wildman–Crippen MR) is 145 cm³/mol. The van der Waals surface area contributed by atoms with E-state index in [0.717, 1.165) is 51.4 Å². The maximum atomic E-state index is 14.2. The quantitative estimate of drug-likeness (QED) is 0.507. The number of carbonyl (C=O) groups excluding carboxylic acids is 3. The first-order valence-corrected chi connectivity index (χ1v) is 14.8. The van der Waals surface area contributed by atoms with Gasteiger partial charge in [0, 0.05) is 17.8 Å². The van der Waals surface area contributed by atoms with Crippen molar-refractivity contribution >= 4 is 35.0 Å². The van der Waals surface area contributed by atoms with E-state index in [1.165, 1.54) is 18.2 Å². The molecule has 210 valence electrons. The lowest BCUT2D eigenvalue weighted by Crippen LogP contribution is -2.59. The summed E-state index contributed by atoms with van der Waals surface area (Å²) in [6.45, 7) is 4.42. The summed E-state index contributed by atoms with van der Waals surface area (Å²) in [7, 11) is 0. The van der Waals surface area contributed by atoms with Crippen LogP contribution in [0.4, 0.5) is 10.1 Å². The number of fused-ring (bicyclic) bond motifs is 1. The lowest BCUT2D eigenvalue weighted by Gasteiger charge is -2.40. The summed E-state index contributed by atoms with van der Waals surface area (Å²) in [4.78, 5) is 43.8. The van der Waals surface area contributed by atoms with E-state index in [1.54, 1.807) is 4.90 Å².